The van der Waals surface area contributed by atoms with Crippen molar-refractivity contribution in [3.05, 3.63) is 58.9 Å². The summed E-state index contributed by atoms with van der Waals surface area (Å²) >= 11 is 0. The van der Waals surface area contributed by atoms with E-state index in [0.29, 0.717) is 23.5 Å². The number of fused-ring (bicyclic) bond motifs is 1. The normalized spacial score (nSPS) is 16.5. The van der Waals surface area contributed by atoms with E-state index in [1.54, 1.807) is 13.2 Å². The quantitative estimate of drug-likeness (QED) is 0.500. The van der Waals surface area contributed by atoms with Crippen molar-refractivity contribution in [2.24, 2.45) is 0 Å². The van der Waals surface area contributed by atoms with Crippen LogP contribution in [0.1, 0.15) is 32.1 Å². The van der Waals surface area contributed by atoms with Crippen LogP contribution in [0, 0.1) is 0 Å². The number of likely N-dealkylation sites (tertiary alicyclic amines) is 1. The minimum Gasteiger partial charge on any atom is -0.383 e. The highest BCUT2D eigenvalue weighted by atomic mass is 16.5. The first-order valence-electron chi connectivity index (χ1n) is 11.3. The van der Waals surface area contributed by atoms with Crippen molar-refractivity contribution >= 4 is 22.4 Å². The van der Waals surface area contributed by atoms with E-state index < -0.39 is 0 Å². The lowest BCUT2D eigenvalue weighted by atomic mass is 10.0. The highest BCUT2D eigenvalue weighted by molar-refractivity contribution is 5.95. The molecule has 0 aliphatic carbocycles. The first-order valence-corrected chi connectivity index (χ1v) is 11.3. The molecule has 4 rings (SSSR count). The number of aromatic amines is 1. The van der Waals surface area contributed by atoms with Gasteiger partial charge in [0.25, 0.3) is 5.56 Å². The average Bonchev–Trinajstić information content (AvgIpc) is 3.25. The predicted octanol–water partition coefficient (Wildman–Crippen LogP) is 3.81. The fourth-order valence-electron chi connectivity index (χ4n) is 4.47. The predicted molar refractivity (Wildman–Crippen MR) is 127 cm³/mol. The van der Waals surface area contributed by atoms with Crippen LogP contribution in [0.15, 0.2) is 53.3 Å². The molecule has 2 heterocycles. The van der Waals surface area contributed by atoms with Crippen LogP contribution in [0.3, 0.4) is 0 Å². The second-order valence-corrected chi connectivity index (χ2v) is 8.32. The number of aromatic nitrogens is 2. The molecule has 2 aromatic carbocycles. The number of carbonyl (C=O) groups is 1. The number of hydrogen-bond donors (Lipinski definition) is 2. The Bertz CT molecular complexity index is 1130. The van der Waals surface area contributed by atoms with E-state index in [1.807, 2.05) is 42.5 Å². The van der Waals surface area contributed by atoms with Gasteiger partial charge in [-0.15, -0.1) is 0 Å². The first kappa shape index (κ1) is 22.2. The van der Waals surface area contributed by atoms with Crippen LogP contribution >= 0.6 is 0 Å². The molecule has 168 valence electrons. The fraction of sp³-hybridized carbons (Fsp3) is 0.400. The molecular formula is C25H30N4O3. The summed E-state index contributed by atoms with van der Waals surface area (Å²) in [7, 11) is 1.76. The number of H-pyrrole nitrogens is 1. The zero-order chi connectivity index (χ0) is 22.3. The molecule has 1 aliphatic heterocycles. The summed E-state index contributed by atoms with van der Waals surface area (Å²) in [6.45, 7) is 2.93. The summed E-state index contributed by atoms with van der Waals surface area (Å²) < 4.78 is 5.31. The van der Waals surface area contributed by atoms with Crippen molar-refractivity contribution in [1.82, 2.24) is 15.1 Å². The molecule has 32 heavy (non-hydrogen) atoms. The number of nitrogens with zero attached hydrogens (tertiary/aromatic N) is 2. The summed E-state index contributed by atoms with van der Waals surface area (Å²) in [5.74, 6) is 0.0105. The molecular weight excluding hydrogens is 404 g/mol. The third-order valence-corrected chi connectivity index (χ3v) is 6.07. The number of carbonyl (C=O) groups excluding carboxylic acids is 1. The summed E-state index contributed by atoms with van der Waals surface area (Å²) in [5, 5.41) is 11.2. The van der Waals surface area contributed by atoms with E-state index in [0.717, 1.165) is 49.2 Å². The molecule has 2 N–H and O–H groups in total. The van der Waals surface area contributed by atoms with Gasteiger partial charge in [-0.25, -0.2) is 5.10 Å². The van der Waals surface area contributed by atoms with Gasteiger partial charge in [-0.2, -0.15) is 5.10 Å². The molecule has 0 unspecified atom stereocenters. The fourth-order valence-corrected chi connectivity index (χ4v) is 4.47. The zero-order valence-electron chi connectivity index (χ0n) is 18.5. The molecule has 1 amide bonds. The molecule has 1 atom stereocenters. The van der Waals surface area contributed by atoms with Crippen molar-refractivity contribution in [2.45, 2.75) is 38.1 Å². The van der Waals surface area contributed by atoms with Gasteiger partial charge in [0.1, 0.15) is 0 Å². The molecule has 0 spiro atoms. The second kappa shape index (κ2) is 10.5. The summed E-state index contributed by atoms with van der Waals surface area (Å²) in [4.78, 5) is 27.0. The first-order chi connectivity index (χ1) is 15.7. The van der Waals surface area contributed by atoms with E-state index in [9.17, 15) is 9.59 Å². The third kappa shape index (κ3) is 5.23. The number of unbranched alkanes of at least 4 members (excludes halogenated alkanes) is 1. The van der Waals surface area contributed by atoms with E-state index in [4.69, 9.17) is 4.74 Å². The van der Waals surface area contributed by atoms with E-state index >= 15 is 0 Å². The lowest BCUT2D eigenvalue weighted by Crippen LogP contribution is -2.33. The number of hydrogen-bond acceptors (Lipinski definition) is 5. The van der Waals surface area contributed by atoms with Gasteiger partial charge in [-0.05, 0) is 57.0 Å². The Labute approximate surface area is 187 Å². The van der Waals surface area contributed by atoms with Crippen LogP contribution < -0.4 is 10.9 Å². The van der Waals surface area contributed by atoms with E-state index in [2.05, 4.69) is 20.4 Å². The maximum atomic E-state index is 12.5. The molecule has 1 fully saturated rings. The van der Waals surface area contributed by atoms with Crippen molar-refractivity contribution in [2.75, 3.05) is 32.1 Å². The lowest BCUT2D eigenvalue weighted by Gasteiger charge is -2.23. The Morgan fingerprint density at radius 2 is 2.03 bits per heavy atom. The van der Waals surface area contributed by atoms with Gasteiger partial charge in [0.15, 0.2) is 0 Å². The van der Waals surface area contributed by atoms with Crippen molar-refractivity contribution in [1.29, 1.82) is 0 Å². The Hall–Kier alpha value is -3.03. The van der Waals surface area contributed by atoms with Crippen molar-refractivity contribution in [3.8, 4) is 11.3 Å². The van der Waals surface area contributed by atoms with E-state index in [1.165, 1.54) is 12.8 Å². The SMILES string of the molecule is COC[C@@H]1CCCN1CCCCC(=O)Nc1cccc(-c2n[nH]c(=O)c3ccccc23)c1. The van der Waals surface area contributed by atoms with Gasteiger partial charge < -0.3 is 10.1 Å². The van der Waals surface area contributed by atoms with Gasteiger partial charge in [0.05, 0.1) is 17.7 Å². The molecule has 1 aliphatic rings. The molecule has 7 nitrogen and oxygen atoms in total. The van der Waals surface area contributed by atoms with Gasteiger partial charge >= 0.3 is 0 Å². The number of benzene rings is 2. The monoisotopic (exact) mass is 434 g/mol. The summed E-state index contributed by atoms with van der Waals surface area (Å²) in [6, 6.07) is 15.5. The van der Waals surface area contributed by atoms with Gasteiger partial charge in [0.2, 0.25) is 5.91 Å². The van der Waals surface area contributed by atoms with Crippen molar-refractivity contribution < 1.29 is 9.53 Å². The Balaban J connectivity index is 1.34. The smallest absolute Gasteiger partial charge is 0.272 e. The lowest BCUT2D eigenvalue weighted by molar-refractivity contribution is -0.116. The van der Waals surface area contributed by atoms with Crippen LogP contribution in [0.5, 0.6) is 0 Å². The Morgan fingerprint density at radius 1 is 1.19 bits per heavy atom. The number of rotatable bonds is 9. The van der Waals surface area contributed by atoms with Crippen LogP contribution in [-0.4, -0.2) is 53.9 Å². The highest BCUT2D eigenvalue weighted by Crippen LogP contribution is 2.26. The molecule has 1 saturated heterocycles. The molecule has 0 saturated carbocycles. The van der Waals surface area contributed by atoms with Gasteiger partial charge in [-0.3, -0.25) is 14.5 Å². The molecule has 1 aromatic heterocycles. The van der Waals surface area contributed by atoms with Gasteiger partial charge in [-0.1, -0.05) is 30.3 Å². The third-order valence-electron chi connectivity index (χ3n) is 6.07. The minimum absolute atomic E-state index is 0.0105. The molecule has 0 bridgehead atoms. The number of amides is 1. The van der Waals surface area contributed by atoms with Crippen molar-refractivity contribution in [3.63, 3.8) is 0 Å². The summed E-state index contributed by atoms with van der Waals surface area (Å²) in [6.07, 6.45) is 4.77. The number of nitrogens with one attached hydrogen (secondary N) is 2. The maximum absolute atomic E-state index is 12.5. The minimum atomic E-state index is -0.212. The summed E-state index contributed by atoms with van der Waals surface area (Å²) in [5.41, 5.74) is 2.04. The molecule has 3 aromatic rings. The van der Waals surface area contributed by atoms with Crippen LogP contribution in [0.25, 0.3) is 22.0 Å². The topological polar surface area (TPSA) is 87.3 Å². The van der Waals surface area contributed by atoms with Crippen LogP contribution in [-0.2, 0) is 9.53 Å². The maximum Gasteiger partial charge on any atom is 0.272 e. The number of methoxy groups -OCH3 is 1. The average molecular weight is 435 g/mol. The Morgan fingerprint density at radius 3 is 2.88 bits per heavy atom. The van der Waals surface area contributed by atoms with E-state index in [-0.39, 0.29) is 11.5 Å². The van der Waals surface area contributed by atoms with Crippen LogP contribution in [0.2, 0.25) is 0 Å². The standard InChI is InChI=1S/C25H30N4O3/c1-32-17-20-10-7-15-29(20)14-5-4-13-23(30)26-19-9-6-8-18(16-19)24-21-11-2-3-12-22(21)25(31)28-27-24/h2-3,6,8-9,11-12,16,20H,4-5,7,10,13-15,17H2,1H3,(H,26,30)(H,28,31)/t20-/m0/s1. The zero-order valence-corrected chi connectivity index (χ0v) is 18.5. The largest absolute Gasteiger partial charge is 0.383 e. The highest BCUT2D eigenvalue weighted by Gasteiger charge is 2.23. The van der Waals surface area contributed by atoms with Gasteiger partial charge in [0, 0.05) is 36.2 Å². The van der Waals surface area contributed by atoms with Crippen LogP contribution in [0.4, 0.5) is 5.69 Å². The second-order valence-electron chi connectivity index (χ2n) is 8.32. The molecule has 0 radical (unpaired) electrons. The number of ether oxygens (including phenoxy) is 1. The Kier molecular flexibility index (Phi) is 7.29. The molecule has 7 heteroatoms. The number of anilines is 1.